The Morgan fingerprint density at radius 2 is 2.12 bits per heavy atom. The van der Waals surface area contributed by atoms with E-state index in [2.05, 4.69) is 17.0 Å². The summed E-state index contributed by atoms with van der Waals surface area (Å²) in [7, 11) is 2.15. The molecule has 4 heterocycles. The summed E-state index contributed by atoms with van der Waals surface area (Å²) in [5, 5.41) is 15.5. The smallest absolute Gasteiger partial charge is 0.182 e. The summed E-state index contributed by atoms with van der Waals surface area (Å²) in [6.07, 6.45) is 1.01. The van der Waals surface area contributed by atoms with Crippen molar-refractivity contribution in [2.24, 2.45) is 0 Å². The predicted molar refractivity (Wildman–Crippen MR) is 98.0 cm³/mol. The van der Waals surface area contributed by atoms with Gasteiger partial charge in [0.05, 0.1) is 5.39 Å². The number of benzene rings is 1. The van der Waals surface area contributed by atoms with Crippen molar-refractivity contribution in [3.63, 3.8) is 0 Å². The van der Waals surface area contributed by atoms with E-state index in [4.69, 9.17) is 9.97 Å². The Balaban J connectivity index is 1.80. The Kier molecular flexibility index (Phi) is 3.10. The molecule has 1 aliphatic rings. The second-order valence-electron chi connectivity index (χ2n) is 6.55. The molecule has 25 heavy (non-hydrogen) atoms. The van der Waals surface area contributed by atoms with Crippen molar-refractivity contribution in [2.75, 3.05) is 13.6 Å². The van der Waals surface area contributed by atoms with Gasteiger partial charge in [0, 0.05) is 23.5 Å². The van der Waals surface area contributed by atoms with Gasteiger partial charge in [-0.25, -0.2) is 9.97 Å². The molecule has 0 spiro atoms. The number of aryl methyl sites for hydroxylation is 1. The Morgan fingerprint density at radius 3 is 2.96 bits per heavy atom. The van der Waals surface area contributed by atoms with Crippen LogP contribution in [0, 0.1) is 6.92 Å². The number of nitrogens with zero attached hydrogens (tertiary/aromatic N) is 5. The standard InChI is InChI=1S/C18H17N5OS/c1-10-19-18-15(13-6-7-22(2)9-14(13)25-18)17-20-16(21-23(10)17)11-4-3-5-12(24)8-11/h3-5,8,24H,6-7,9H2,1-2H3. The molecule has 0 saturated carbocycles. The molecule has 4 aromatic rings. The van der Waals surface area contributed by atoms with Crippen LogP contribution in [0.3, 0.4) is 0 Å². The number of phenols is 1. The summed E-state index contributed by atoms with van der Waals surface area (Å²) in [5.74, 6) is 1.65. The van der Waals surface area contributed by atoms with Crippen LogP contribution in [0.5, 0.6) is 5.75 Å². The lowest BCUT2D eigenvalue weighted by Crippen LogP contribution is -2.25. The van der Waals surface area contributed by atoms with E-state index in [0.29, 0.717) is 5.82 Å². The van der Waals surface area contributed by atoms with Crippen LogP contribution in [0.15, 0.2) is 24.3 Å². The Hall–Kier alpha value is -2.51. The van der Waals surface area contributed by atoms with Crippen molar-refractivity contribution in [1.82, 2.24) is 24.5 Å². The highest BCUT2D eigenvalue weighted by Crippen LogP contribution is 2.36. The van der Waals surface area contributed by atoms with Crippen LogP contribution in [0.1, 0.15) is 16.3 Å². The van der Waals surface area contributed by atoms with Crippen LogP contribution in [-0.2, 0) is 13.0 Å². The van der Waals surface area contributed by atoms with Gasteiger partial charge in [-0.1, -0.05) is 12.1 Å². The zero-order chi connectivity index (χ0) is 17.1. The first-order valence-electron chi connectivity index (χ1n) is 8.26. The minimum absolute atomic E-state index is 0.215. The first kappa shape index (κ1) is 14.8. The maximum absolute atomic E-state index is 9.75. The van der Waals surface area contributed by atoms with Crippen LogP contribution < -0.4 is 0 Å². The second-order valence-corrected chi connectivity index (χ2v) is 7.64. The Bertz CT molecular complexity index is 1130. The fraction of sp³-hybridized carbons (Fsp3) is 0.278. The SMILES string of the molecule is Cc1nc2sc3c(c2c2nc(-c4cccc(O)c4)nn12)CCN(C)C3. The lowest BCUT2D eigenvalue weighted by Gasteiger charge is -2.21. The Labute approximate surface area is 148 Å². The van der Waals surface area contributed by atoms with Crippen LogP contribution >= 0.6 is 11.3 Å². The molecule has 0 atom stereocenters. The largest absolute Gasteiger partial charge is 0.508 e. The molecule has 1 aliphatic heterocycles. The number of phenolic OH excluding ortho intramolecular Hbond substituents is 1. The summed E-state index contributed by atoms with van der Waals surface area (Å²) in [6.45, 7) is 3.97. The van der Waals surface area contributed by atoms with Gasteiger partial charge in [-0.2, -0.15) is 4.52 Å². The fourth-order valence-electron chi connectivity index (χ4n) is 3.49. The van der Waals surface area contributed by atoms with E-state index in [1.807, 2.05) is 17.5 Å². The van der Waals surface area contributed by atoms with E-state index in [1.165, 1.54) is 10.4 Å². The molecule has 0 saturated heterocycles. The van der Waals surface area contributed by atoms with Gasteiger partial charge in [-0.15, -0.1) is 16.4 Å². The molecule has 3 aromatic heterocycles. The molecule has 0 aliphatic carbocycles. The molecule has 1 N–H and O–H groups in total. The number of hydrogen-bond donors (Lipinski definition) is 1. The lowest BCUT2D eigenvalue weighted by atomic mass is 10.1. The van der Waals surface area contributed by atoms with E-state index in [-0.39, 0.29) is 5.75 Å². The predicted octanol–water partition coefficient (Wildman–Crippen LogP) is 3.01. The Morgan fingerprint density at radius 1 is 1.24 bits per heavy atom. The van der Waals surface area contributed by atoms with E-state index in [0.717, 1.165) is 46.8 Å². The fourth-order valence-corrected chi connectivity index (χ4v) is 4.83. The number of aromatic nitrogens is 4. The average molecular weight is 351 g/mol. The molecule has 6 nitrogen and oxygen atoms in total. The van der Waals surface area contributed by atoms with Crippen LogP contribution in [-0.4, -0.2) is 43.2 Å². The van der Waals surface area contributed by atoms with Crippen molar-refractivity contribution < 1.29 is 5.11 Å². The third-order valence-corrected chi connectivity index (χ3v) is 5.84. The molecule has 126 valence electrons. The number of fused-ring (bicyclic) bond motifs is 5. The molecule has 1 aromatic carbocycles. The molecule has 0 unspecified atom stereocenters. The van der Waals surface area contributed by atoms with Crippen LogP contribution in [0.2, 0.25) is 0 Å². The normalized spacial score (nSPS) is 15.1. The number of hydrogen-bond acceptors (Lipinski definition) is 6. The zero-order valence-corrected chi connectivity index (χ0v) is 14.8. The third-order valence-electron chi connectivity index (χ3n) is 4.73. The number of likely N-dealkylation sites (N-methyl/N-ethyl adjacent to an activating group) is 1. The summed E-state index contributed by atoms with van der Waals surface area (Å²) in [4.78, 5) is 14.3. The van der Waals surface area contributed by atoms with Crippen molar-refractivity contribution in [2.45, 2.75) is 19.9 Å². The van der Waals surface area contributed by atoms with Gasteiger partial charge in [0.1, 0.15) is 16.4 Å². The van der Waals surface area contributed by atoms with Gasteiger partial charge >= 0.3 is 0 Å². The third kappa shape index (κ3) is 2.23. The van der Waals surface area contributed by atoms with E-state index in [9.17, 15) is 5.11 Å². The minimum Gasteiger partial charge on any atom is -0.508 e. The van der Waals surface area contributed by atoms with Gasteiger partial charge in [-0.3, -0.25) is 0 Å². The molecule has 7 heteroatoms. The molecule has 0 amide bonds. The van der Waals surface area contributed by atoms with Gasteiger partial charge in [0.25, 0.3) is 0 Å². The quantitative estimate of drug-likeness (QED) is 0.571. The molecule has 0 fully saturated rings. The minimum atomic E-state index is 0.215. The topological polar surface area (TPSA) is 66.5 Å². The number of thiophene rings is 1. The maximum atomic E-state index is 9.75. The first-order valence-corrected chi connectivity index (χ1v) is 9.07. The lowest BCUT2D eigenvalue weighted by molar-refractivity contribution is 0.318. The monoisotopic (exact) mass is 351 g/mol. The summed E-state index contributed by atoms with van der Waals surface area (Å²) >= 11 is 1.77. The summed E-state index contributed by atoms with van der Waals surface area (Å²) in [5.41, 5.74) is 3.04. The van der Waals surface area contributed by atoms with Crippen LogP contribution in [0.4, 0.5) is 0 Å². The second kappa shape index (κ2) is 5.24. The van der Waals surface area contributed by atoms with Crippen molar-refractivity contribution in [3.05, 3.63) is 40.5 Å². The van der Waals surface area contributed by atoms with Gasteiger partial charge in [-0.05, 0) is 38.1 Å². The van der Waals surface area contributed by atoms with Gasteiger partial charge in [0.15, 0.2) is 11.5 Å². The van der Waals surface area contributed by atoms with Crippen molar-refractivity contribution >= 4 is 27.2 Å². The average Bonchev–Trinajstić information content (AvgIpc) is 3.15. The van der Waals surface area contributed by atoms with Crippen molar-refractivity contribution in [1.29, 1.82) is 0 Å². The highest BCUT2D eigenvalue weighted by Gasteiger charge is 2.23. The summed E-state index contributed by atoms with van der Waals surface area (Å²) in [6, 6.07) is 7.05. The summed E-state index contributed by atoms with van der Waals surface area (Å²) < 4.78 is 1.83. The van der Waals surface area contributed by atoms with Crippen LogP contribution in [0.25, 0.3) is 27.3 Å². The van der Waals surface area contributed by atoms with Gasteiger partial charge in [0.2, 0.25) is 0 Å². The highest BCUT2D eigenvalue weighted by atomic mass is 32.1. The zero-order valence-electron chi connectivity index (χ0n) is 14.0. The van der Waals surface area contributed by atoms with Gasteiger partial charge < -0.3 is 10.0 Å². The molecule has 5 rings (SSSR count). The molecule has 0 bridgehead atoms. The van der Waals surface area contributed by atoms with E-state index in [1.54, 1.807) is 29.5 Å². The highest BCUT2D eigenvalue weighted by molar-refractivity contribution is 7.19. The number of aromatic hydroxyl groups is 1. The van der Waals surface area contributed by atoms with E-state index < -0.39 is 0 Å². The maximum Gasteiger partial charge on any atom is 0.182 e. The number of rotatable bonds is 1. The molecular formula is C18H17N5OS. The molecule has 0 radical (unpaired) electrons. The van der Waals surface area contributed by atoms with Crippen molar-refractivity contribution in [3.8, 4) is 17.1 Å². The molecular weight excluding hydrogens is 334 g/mol. The first-order chi connectivity index (χ1) is 12.1. The van der Waals surface area contributed by atoms with E-state index >= 15 is 0 Å².